The molecule has 2 aliphatic carbocycles. The fourth-order valence-corrected chi connectivity index (χ4v) is 5.20. The van der Waals surface area contributed by atoms with E-state index in [2.05, 4.69) is 18.9 Å². The van der Waals surface area contributed by atoms with Gasteiger partial charge in [0.2, 0.25) is 5.91 Å². The van der Waals surface area contributed by atoms with Gasteiger partial charge >= 0.3 is 0 Å². The third kappa shape index (κ3) is 4.18. The van der Waals surface area contributed by atoms with Gasteiger partial charge in [0.15, 0.2) is 0 Å². The van der Waals surface area contributed by atoms with Crippen molar-refractivity contribution < 1.29 is 14.3 Å². The summed E-state index contributed by atoms with van der Waals surface area (Å²) in [6, 6.07) is 6.41. The van der Waals surface area contributed by atoms with Gasteiger partial charge in [0, 0.05) is 31.0 Å². The molecule has 0 spiro atoms. The van der Waals surface area contributed by atoms with Gasteiger partial charge in [-0.3, -0.25) is 4.79 Å². The molecule has 6 heteroatoms. The Hall–Kier alpha value is -2.47. The summed E-state index contributed by atoms with van der Waals surface area (Å²) < 4.78 is 15.3. The lowest BCUT2D eigenvalue weighted by molar-refractivity contribution is -0.135. The molecule has 166 valence electrons. The molecule has 1 unspecified atom stereocenters. The van der Waals surface area contributed by atoms with Crippen LogP contribution >= 0.6 is 0 Å². The molecule has 4 rings (SSSR count). The lowest BCUT2D eigenvalue weighted by Crippen LogP contribution is -2.41. The number of carbonyl (C=O) groups is 1. The molecular formula is C25H32FN3O2. The summed E-state index contributed by atoms with van der Waals surface area (Å²) in [4.78, 5) is 15.3. The molecule has 0 bridgehead atoms. The summed E-state index contributed by atoms with van der Waals surface area (Å²) in [7, 11) is 0. The molecule has 0 saturated heterocycles. The Morgan fingerprint density at radius 1 is 1.35 bits per heavy atom. The van der Waals surface area contributed by atoms with Gasteiger partial charge in [0.25, 0.3) is 0 Å². The fraction of sp³-hybridized carbons (Fsp3) is 0.520. The van der Waals surface area contributed by atoms with Crippen LogP contribution in [0.2, 0.25) is 0 Å². The van der Waals surface area contributed by atoms with Gasteiger partial charge in [-0.25, -0.2) is 9.07 Å². The van der Waals surface area contributed by atoms with E-state index in [-0.39, 0.29) is 23.6 Å². The van der Waals surface area contributed by atoms with Crippen molar-refractivity contribution in [2.75, 3.05) is 13.1 Å². The predicted octanol–water partition coefficient (Wildman–Crippen LogP) is 4.39. The maximum Gasteiger partial charge on any atom is 0.229 e. The first-order chi connectivity index (χ1) is 14.9. The number of allylic oxidation sites excluding steroid dienone is 1. The number of fused-ring (bicyclic) bond motifs is 1. The zero-order valence-corrected chi connectivity index (χ0v) is 18.6. The molecular weight excluding hydrogens is 393 g/mol. The Morgan fingerprint density at radius 3 is 2.77 bits per heavy atom. The van der Waals surface area contributed by atoms with Gasteiger partial charge in [-0.2, -0.15) is 5.10 Å². The van der Waals surface area contributed by atoms with Crippen molar-refractivity contribution in [3.05, 3.63) is 58.7 Å². The van der Waals surface area contributed by atoms with E-state index in [4.69, 9.17) is 0 Å². The average molecular weight is 426 g/mol. The molecule has 1 heterocycles. The van der Waals surface area contributed by atoms with Crippen molar-refractivity contribution in [1.29, 1.82) is 0 Å². The van der Waals surface area contributed by atoms with E-state index in [1.165, 1.54) is 23.3 Å². The molecule has 1 amide bonds. The summed E-state index contributed by atoms with van der Waals surface area (Å²) in [5, 5.41) is 14.5. The number of hydrogen-bond acceptors (Lipinski definition) is 3. The molecule has 5 nitrogen and oxygen atoms in total. The number of aliphatic hydroxyl groups is 1. The van der Waals surface area contributed by atoms with E-state index in [9.17, 15) is 14.3 Å². The minimum atomic E-state index is -0.528. The van der Waals surface area contributed by atoms with Gasteiger partial charge < -0.3 is 10.0 Å². The monoisotopic (exact) mass is 425 g/mol. The third-order valence-electron chi connectivity index (χ3n) is 6.68. The van der Waals surface area contributed by atoms with Crippen molar-refractivity contribution >= 4 is 5.91 Å². The SMILES string of the molecule is CCCCN(CC(C)O)C(=O)[C@@H]1CCC2=C1[C@@H](C)c1cnn(-c3ccc(F)cc3)c1C2. The van der Waals surface area contributed by atoms with E-state index in [1.54, 1.807) is 19.1 Å². The van der Waals surface area contributed by atoms with Crippen LogP contribution in [0.4, 0.5) is 4.39 Å². The Bertz CT molecular complexity index is 977. The highest BCUT2D eigenvalue weighted by molar-refractivity contribution is 5.83. The molecule has 1 aromatic carbocycles. The van der Waals surface area contributed by atoms with E-state index in [0.29, 0.717) is 13.1 Å². The molecule has 2 aliphatic rings. The first-order valence-corrected chi connectivity index (χ1v) is 11.4. The van der Waals surface area contributed by atoms with E-state index in [0.717, 1.165) is 49.0 Å². The van der Waals surface area contributed by atoms with Crippen LogP contribution in [0.25, 0.3) is 5.69 Å². The largest absolute Gasteiger partial charge is 0.392 e. The Labute approximate surface area is 183 Å². The third-order valence-corrected chi connectivity index (χ3v) is 6.68. The highest BCUT2D eigenvalue weighted by Crippen LogP contribution is 2.47. The number of aliphatic hydroxyl groups excluding tert-OH is 1. The summed E-state index contributed by atoms with van der Waals surface area (Å²) in [5.41, 5.74) is 5.74. The van der Waals surface area contributed by atoms with Crippen molar-refractivity contribution in [3.63, 3.8) is 0 Å². The average Bonchev–Trinajstić information content (AvgIpc) is 3.36. The maximum atomic E-state index is 13.5. The molecule has 0 radical (unpaired) electrons. The molecule has 3 atom stereocenters. The summed E-state index contributed by atoms with van der Waals surface area (Å²) in [6.07, 6.45) is 5.87. The highest BCUT2D eigenvalue weighted by Gasteiger charge is 2.40. The number of amides is 1. The Balaban J connectivity index is 1.61. The van der Waals surface area contributed by atoms with Crippen molar-refractivity contribution in [1.82, 2.24) is 14.7 Å². The van der Waals surface area contributed by atoms with Gasteiger partial charge in [0.1, 0.15) is 5.82 Å². The number of benzene rings is 1. The van der Waals surface area contributed by atoms with Crippen LogP contribution in [0.5, 0.6) is 0 Å². The first-order valence-electron chi connectivity index (χ1n) is 11.4. The van der Waals surface area contributed by atoms with Crippen molar-refractivity contribution in [2.45, 2.75) is 64.9 Å². The number of nitrogens with zero attached hydrogens (tertiary/aromatic N) is 3. The Morgan fingerprint density at radius 2 is 2.10 bits per heavy atom. The minimum absolute atomic E-state index is 0.108. The fourth-order valence-electron chi connectivity index (χ4n) is 5.20. The molecule has 1 aromatic heterocycles. The number of carbonyl (C=O) groups excluding carboxylic acids is 1. The second-order valence-corrected chi connectivity index (χ2v) is 8.97. The van der Waals surface area contributed by atoms with Crippen LogP contribution in [0.15, 0.2) is 41.6 Å². The van der Waals surface area contributed by atoms with Crippen molar-refractivity contribution in [3.8, 4) is 5.69 Å². The highest BCUT2D eigenvalue weighted by atomic mass is 19.1. The van der Waals surface area contributed by atoms with Gasteiger partial charge in [-0.15, -0.1) is 0 Å². The lowest BCUT2D eigenvalue weighted by Gasteiger charge is -2.31. The van der Waals surface area contributed by atoms with Crippen molar-refractivity contribution in [2.24, 2.45) is 5.92 Å². The zero-order valence-electron chi connectivity index (χ0n) is 18.6. The molecule has 31 heavy (non-hydrogen) atoms. The molecule has 2 aromatic rings. The van der Waals surface area contributed by atoms with E-state index < -0.39 is 6.10 Å². The lowest BCUT2D eigenvalue weighted by atomic mass is 9.79. The van der Waals surface area contributed by atoms with Gasteiger partial charge in [-0.1, -0.05) is 31.4 Å². The van der Waals surface area contributed by atoms with Crippen LogP contribution in [0, 0.1) is 11.7 Å². The van der Waals surface area contributed by atoms with Crippen LogP contribution in [0.1, 0.15) is 63.6 Å². The van der Waals surface area contributed by atoms with Gasteiger partial charge in [-0.05, 0) is 50.5 Å². The summed E-state index contributed by atoms with van der Waals surface area (Å²) >= 11 is 0. The summed E-state index contributed by atoms with van der Waals surface area (Å²) in [6.45, 7) is 7.11. The molecule has 1 N–H and O–H groups in total. The molecule has 0 aliphatic heterocycles. The summed E-state index contributed by atoms with van der Waals surface area (Å²) in [5.74, 6) is -0.0856. The first kappa shape index (κ1) is 21.8. The van der Waals surface area contributed by atoms with Gasteiger partial charge in [0.05, 0.1) is 29.6 Å². The maximum absolute atomic E-state index is 13.5. The topological polar surface area (TPSA) is 58.4 Å². The van der Waals surface area contributed by atoms with E-state index in [1.807, 2.05) is 15.8 Å². The zero-order chi connectivity index (χ0) is 22.1. The molecule has 0 saturated carbocycles. The number of halogens is 1. The number of aromatic nitrogens is 2. The Kier molecular flexibility index (Phi) is 6.28. The molecule has 0 fully saturated rings. The second kappa shape index (κ2) is 8.95. The number of rotatable bonds is 7. The van der Waals surface area contributed by atoms with Crippen LogP contribution in [-0.2, 0) is 11.2 Å². The second-order valence-electron chi connectivity index (χ2n) is 8.97. The number of unbranched alkanes of at least 4 members (excludes halogenated alkanes) is 1. The van der Waals surface area contributed by atoms with Crippen LogP contribution in [0.3, 0.4) is 0 Å². The standard InChI is InChI=1S/C25H32FN3O2/c1-4-5-12-28(15-16(2)30)25(31)21-11-6-18-13-23-22(17(3)24(18)21)14-27-29(23)20-9-7-19(26)8-10-20/h7-10,14,16-17,21,30H,4-6,11-13,15H2,1-3H3/t16?,17-,21+/m0/s1. The minimum Gasteiger partial charge on any atom is -0.392 e. The number of hydrogen-bond donors (Lipinski definition) is 1. The van der Waals surface area contributed by atoms with Crippen LogP contribution in [-0.4, -0.2) is 44.9 Å². The predicted molar refractivity (Wildman–Crippen MR) is 119 cm³/mol. The smallest absolute Gasteiger partial charge is 0.229 e. The normalized spacial score (nSPS) is 21.1. The quantitative estimate of drug-likeness (QED) is 0.670. The van der Waals surface area contributed by atoms with E-state index >= 15 is 0 Å². The van der Waals surface area contributed by atoms with Crippen LogP contribution < -0.4 is 0 Å².